The van der Waals surface area contributed by atoms with Crippen molar-refractivity contribution in [2.45, 2.75) is 0 Å². The second-order valence-electron chi connectivity index (χ2n) is 7.81. The predicted molar refractivity (Wildman–Crippen MR) is 128 cm³/mol. The van der Waals surface area contributed by atoms with Crippen molar-refractivity contribution in [2.24, 2.45) is 0 Å². The Hall–Kier alpha value is -3.26. The van der Waals surface area contributed by atoms with Crippen LogP contribution in [0.5, 0.6) is 5.75 Å². The van der Waals surface area contributed by atoms with E-state index in [-0.39, 0.29) is 12.5 Å². The van der Waals surface area contributed by atoms with Gasteiger partial charge in [0, 0.05) is 31.6 Å². The molecular formula is C24H27N3O4S. The lowest BCUT2D eigenvalue weighted by Gasteiger charge is -2.37. The SMILES string of the molecule is COc1ccccc1N1CCN(C(=O)CN(c2cccc3ccccc23)S(C)(=O)=O)CC1. The summed E-state index contributed by atoms with van der Waals surface area (Å²) in [5, 5.41) is 1.73. The molecule has 1 aliphatic rings. The number of carbonyl (C=O) groups is 1. The van der Waals surface area contributed by atoms with Crippen LogP contribution >= 0.6 is 0 Å². The molecule has 168 valence electrons. The van der Waals surface area contributed by atoms with E-state index < -0.39 is 10.0 Å². The highest BCUT2D eigenvalue weighted by Crippen LogP contribution is 2.30. The molecule has 0 saturated carbocycles. The number of piperazine rings is 1. The van der Waals surface area contributed by atoms with Gasteiger partial charge in [-0.2, -0.15) is 0 Å². The average Bonchev–Trinajstić information content (AvgIpc) is 2.81. The number of anilines is 2. The summed E-state index contributed by atoms with van der Waals surface area (Å²) in [4.78, 5) is 17.0. The van der Waals surface area contributed by atoms with E-state index in [0.717, 1.165) is 28.5 Å². The van der Waals surface area contributed by atoms with Crippen LogP contribution in [0, 0.1) is 0 Å². The van der Waals surface area contributed by atoms with Gasteiger partial charge in [-0.3, -0.25) is 9.10 Å². The molecule has 7 nitrogen and oxygen atoms in total. The number of fused-ring (bicyclic) bond motifs is 1. The van der Waals surface area contributed by atoms with Crippen molar-refractivity contribution in [3.05, 3.63) is 66.7 Å². The lowest BCUT2D eigenvalue weighted by atomic mass is 10.1. The predicted octanol–water partition coefficient (Wildman–Crippen LogP) is 2.96. The summed E-state index contributed by atoms with van der Waals surface area (Å²) in [5.41, 5.74) is 1.52. The molecule has 32 heavy (non-hydrogen) atoms. The first-order valence-electron chi connectivity index (χ1n) is 10.5. The average molecular weight is 454 g/mol. The molecule has 1 amide bonds. The number of hydrogen-bond donors (Lipinski definition) is 0. The van der Waals surface area contributed by atoms with E-state index in [4.69, 9.17) is 4.74 Å². The fourth-order valence-corrected chi connectivity index (χ4v) is 4.98. The number of nitrogens with zero attached hydrogens (tertiary/aromatic N) is 3. The van der Waals surface area contributed by atoms with E-state index in [9.17, 15) is 13.2 Å². The molecule has 1 aliphatic heterocycles. The maximum Gasteiger partial charge on any atom is 0.243 e. The van der Waals surface area contributed by atoms with Gasteiger partial charge in [0.2, 0.25) is 15.9 Å². The van der Waals surface area contributed by atoms with Crippen LogP contribution in [0.15, 0.2) is 66.7 Å². The summed E-state index contributed by atoms with van der Waals surface area (Å²) in [6.07, 6.45) is 1.14. The molecule has 3 aromatic rings. The Morgan fingerprint density at radius 1 is 0.938 bits per heavy atom. The summed E-state index contributed by atoms with van der Waals surface area (Å²) >= 11 is 0. The molecule has 0 spiro atoms. The standard InChI is InChI=1S/C24H27N3O4S/c1-31-23-13-6-5-11-22(23)25-14-16-26(17-15-25)24(28)18-27(32(2,29)30)21-12-7-9-19-8-3-4-10-20(19)21/h3-13H,14-18H2,1-2H3. The highest BCUT2D eigenvalue weighted by atomic mass is 32.2. The van der Waals surface area contributed by atoms with Crippen molar-refractivity contribution < 1.29 is 17.9 Å². The van der Waals surface area contributed by atoms with Crippen LogP contribution in [0.2, 0.25) is 0 Å². The summed E-state index contributed by atoms with van der Waals surface area (Å²) in [6.45, 7) is 2.12. The lowest BCUT2D eigenvalue weighted by molar-refractivity contribution is -0.129. The zero-order valence-electron chi connectivity index (χ0n) is 18.3. The molecule has 0 aromatic heterocycles. The third-order valence-corrected chi connectivity index (χ3v) is 6.90. The maximum atomic E-state index is 13.1. The van der Waals surface area contributed by atoms with Crippen molar-refractivity contribution in [1.82, 2.24) is 4.90 Å². The number of para-hydroxylation sites is 2. The highest BCUT2D eigenvalue weighted by Gasteiger charge is 2.28. The van der Waals surface area contributed by atoms with Gasteiger partial charge in [-0.1, -0.05) is 48.5 Å². The monoisotopic (exact) mass is 453 g/mol. The number of ether oxygens (including phenoxy) is 1. The van der Waals surface area contributed by atoms with Crippen LogP contribution < -0.4 is 13.9 Å². The Morgan fingerprint density at radius 2 is 1.59 bits per heavy atom. The maximum absolute atomic E-state index is 13.1. The third kappa shape index (κ3) is 4.50. The van der Waals surface area contributed by atoms with E-state index in [2.05, 4.69) is 4.90 Å². The Morgan fingerprint density at radius 3 is 2.31 bits per heavy atom. The molecule has 8 heteroatoms. The Kier molecular flexibility index (Phi) is 6.23. The molecule has 0 N–H and O–H groups in total. The zero-order chi connectivity index (χ0) is 22.7. The minimum atomic E-state index is -3.65. The van der Waals surface area contributed by atoms with Crippen LogP contribution in [0.1, 0.15) is 0 Å². The number of carbonyl (C=O) groups excluding carboxylic acids is 1. The molecule has 4 rings (SSSR count). The minimum Gasteiger partial charge on any atom is -0.495 e. The van der Waals surface area contributed by atoms with Crippen molar-refractivity contribution in [1.29, 1.82) is 0 Å². The number of hydrogen-bond acceptors (Lipinski definition) is 5. The highest BCUT2D eigenvalue weighted by molar-refractivity contribution is 7.92. The number of methoxy groups -OCH3 is 1. The van der Waals surface area contributed by atoms with E-state index >= 15 is 0 Å². The van der Waals surface area contributed by atoms with Gasteiger partial charge in [0.15, 0.2) is 0 Å². The number of benzene rings is 3. The lowest BCUT2D eigenvalue weighted by Crippen LogP contribution is -2.52. The van der Waals surface area contributed by atoms with Crippen molar-refractivity contribution in [2.75, 3.05) is 55.3 Å². The van der Waals surface area contributed by atoms with E-state index in [1.54, 1.807) is 18.1 Å². The zero-order valence-corrected chi connectivity index (χ0v) is 19.1. The fraction of sp³-hybridized carbons (Fsp3) is 0.292. The van der Waals surface area contributed by atoms with Crippen LogP contribution in [-0.4, -0.2) is 65.3 Å². The van der Waals surface area contributed by atoms with Gasteiger partial charge in [0.25, 0.3) is 0 Å². The van der Waals surface area contributed by atoms with E-state index in [1.807, 2.05) is 60.7 Å². The van der Waals surface area contributed by atoms with Gasteiger partial charge in [0.05, 0.1) is 24.7 Å². The molecule has 3 aromatic carbocycles. The second-order valence-corrected chi connectivity index (χ2v) is 9.71. The third-order valence-electron chi connectivity index (χ3n) is 5.77. The normalized spacial score (nSPS) is 14.4. The minimum absolute atomic E-state index is 0.206. The van der Waals surface area contributed by atoms with Gasteiger partial charge in [0.1, 0.15) is 12.3 Å². The number of rotatable bonds is 6. The van der Waals surface area contributed by atoms with Gasteiger partial charge in [-0.25, -0.2) is 8.42 Å². The molecular weight excluding hydrogens is 426 g/mol. The Bertz CT molecular complexity index is 1220. The first kappa shape index (κ1) is 22.0. The first-order chi connectivity index (χ1) is 15.4. The Labute approximate surface area is 188 Å². The van der Waals surface area contributed by atoms with E-state index in [0.29, 0.717) is 31.9 Å². The second kappa shape index (κ2) is 9.08. The molecule has 0 aliphatic carbocycles. The summed E-state index contributed by atoms with van der Waals surface area (Å²) in [6, 6.07) is 20.9. The molecule has 0 unspecified atom stereocenters. The van der Waals surface area contributed by atoms with Crippen molar-refractivity contribution >= 4 is 38.1 Å². The topological polar surface area (TPSA) is 70.2 Å². The molecule has 1 saturated heterocycles. The van der Waals surface area contributed by atoms with Crippen LogP contribution in [0.4, 0.5) is 11.4 Å². The molecule has 1 heterocycles. The van der Waals surface area contributed by atoms with E-state index in [1.165, 1.54) is 4.31 Å². The Balaban J connectivity index is 1.51. The first-order valence-corrected chi connectivity index (χ1v) is 12.3. The number of amides is 1. The van der Waals surface area contributed by atoms with Crippen LogP contribution in [0.3, 0.4) is 0 Å². The van der Waals surface area contributed by atoms with Crippen LogP contribution in [0.25, 0.3) is 10.8 Å². The molecule has 1 fully saturated rings. The molecule has 0 bridgehead atoms. The van der Waals surface area contributed by atoms with Gasteiger partial charge in [-0.05, 0) is 23.6 Å². The van der Waals surface area contributed by atoms with Crippen LogP contribution in [-0.2, 0) is 14.8 Å². The molecule has 0 radical (unpaired) electrons. The van der Waals surface area contributed by atoms with Crippen molar-refractivity contribution in [3.8, 4) is 5.75 Å². The number of sulfonamides is 1. The summed E-state index contributed by atoms with van der Waals surface area (Å²) in [5.74, 6) is 0.592. The van der Waals surface area contributed by atoms with Gasteiger partial charge in [-0.15, -0.1) is 0 Å². The quantitative estimate of drug-likeness (QED) is 0.574. The fourth-order valence-electron chi connectivity index (χ4n) is 4.12. The van der Waals surface area contributed by atoms with Gasteiger partial charge < -0.3 is 14.5 Å². The smallest absolute Gasteiger partial charge is 0.243 e. The molecule has 0 atom stereocenters. The summed E-state index contributed by atoms with van der Waals surface area (Å²) in [7, 11) is -2.00. The largest absolute Gasteiger partial charge is 0.495 e. The van der Waals surface area contributed by atoms with Gasteiger partial charge >= 0.3 is 0 Å². The van der Waals surface area contributed by atoms with Crippen molar-refractivity contribution in [3.63, 3.8) is 0 Å². The summed E-state index contributed by atoms with van der Waals surface area (Å²) < 4.78 is 31.9.